The normalized spacial score (nSPS) is 35.3. The van der Waals surface area contributed by atoms with Crippen molar-refractivity contribution in [2.24, 2.45) is 0 Å². The van der Waals surface area contributed by atoms with Crippen molar-refractivity contribution in [2.45, 2.75) is 24.0 Å². The van der Waals surface area contributed by atoms with Crippen LogP contribution in [0.3, 0.4) is 0 Å². The highest BCUT2D eigenvalue weighted by Gasteiger charge is 2.64. The van der Waals surface area contributed by atoms with E-state index in [0.29, 0.717) is 0 Å². The van der Waals surface area contributed by atoms with Crippen LogP contribution in [0.5, 0.6) is 0 Å². The van der Waals surface area contributed by atoms with Crippen LogP contribution in [0.15, 0.2) is 29.2 Å². The molecular formula is C12H15INO8P. The fraction of sp³-hybridized carbons (Fsp3) is 0.583. The maximum atomic E-state index is 12.0. The molecule has 0 radical (unpaired) electrons. The predicted octanol–water partition coefficient (Wildman–Crippen LogP) is 1.01. The third-order valence-corrected chi connectivity index (χ3v) is 5.98. The zero-order valence-corrected chi connectivity index (χ0v) is 15.1. The van der Waals surface area contributed by atoms with Crippen LogP contribution in [0.2, 0.25) is 0 Å². The minimum Gasteiger partial charge on any atom is -0.381 e. The van der Waals surface area contributed by atoms with Gasteiger partial charge in [0.05, 0.1) is 13.2 Å². The lowest BCUT2D eigenvalue weighted by Gasteiger charge is -2.31. The number of hydrogen-bond donors (Lipinski definition) is 1. The van der Waals surface area contributed by atoms with Gasteiger partial charge in [0.25, 0.3) is 5.56 Å². The van der Waals surface area contributed by atoms with Gasteiger partial charge in [0, 0.05) is 19.4 Å². The molecule has 5 atom stereocenters. The van der Waals surface area contributed by atoms with Gasteiger partial charge >= 0.3 is 7.82 Å². The van der Waals surface area contributed by atoms with E-state index >= 15 is 0 Å². The van der Waals surface area contributed by atoms with E-state index in [1.165, 1.54) is 40.7 Å². The van der Waals surface area contributed by atoms with E-state index in [1.807, 2.05) is 0 Å². The Bertz CT molecular complexity index is 683. The molecule has 128 valence electrons. The first-order valence-electron chi connectivity index (χ1n) is 6.69. The first kappa shape index (κ1) is 17.5. The van der Waals surface area contributed by atoms with Gasteiger partial charge in [-0.2, -0.15) is 0 Å². The van der Waals surface area contributed by atoms with Crippen LogP contribution in [0, 0.1) is 0 Å². The molecule has 23 heavy (non-hydrogen) atoms. The van der Waals surface area contributed by atoms with Crippen LogP contribution < -0.4 is 5.56 Å². The number of nitrogens with zero attached hydrogens (tertiary/aromatic N) is 1. The highest BCUT2D eigenvalue weighted by Crippen LogP contribution is 2.55. The lowest BCUT2D eigenvalue weighted by Crippen LogP contribution is -2.45. The van der Waals surface area contributed by atoms with Crippen molar-refractivity contribution >= 4 is 30.8 Å². The smallest absolute Gasteiger partial charge is 0.381 e. The van der Waals surface area contributed by atoms with E-state index in [2.05, 4.69) is 2.85 Å². The summed E-state index contributed by atoms with van der Waals surface area (Å²) in [6.07, 6.45) is -0.878. The average Bonchev–Trinajstić information content (AvgIpc) is 2.99. The molecule has 2 fully saturated rings. The monoisotopic (exact) mass is 459 g/mol. The summed E-state index contributed by atoms with van der Waals surface area (Å²) in [6.45, 7) is 0.197. The topological polar surface area (TPSA) is 105 Å². The van der Waals surface area contributed by atoms with Crippen LogP contribution in [0.25, 0.3) is 0 Å². The third-order valence-electron chi connectivity index (χ3n) is 3.82. The number of halogens is 1. The van der Waals surface area contributed by atoms with Crippen molar-refractivity contribution in [3.05, 3.63) is 34.7 Å². The molecule has 0 amide bonds. The highest BCUT2D eigenvalue weighted by molar-refractivity contribution is 14.1. The van der Waals surface area contributed by atoms with E-state index in [0.717, 1.165) is 0 Å². The van der Waals surface area contributed by atoms with Crippen LogP contribution in [-0.2, 0) is 26.2 Å². The van der Waals surface area contributed by atoms with Gasteiger partial charge in [-0.15, -0.1) is 0 Å². The molecule has 2 aliphatic rings. The second-order valence-corrected chi connectivity index (χ2v) is 7.76. The van der Waals surface area contributed by atoms with Gasteiger partial charge in [-0.25, -0.2) is 7.42 Å². The van der Waals surface area contributed by atoms with Crippen molar-refractivity contribution < 1.29 is 31.0 Å². The number of hydrogen-bond acceptors (Lipinski definition) is 7. The Hall–Kier alpha value is -0.330. The van der Waals surface area contributed by atoms with Gasteiger partial charge in [0.1, 0.15) is 40.8 Å². The average molecular weight is 459 g/mol. The maximum Gasteiger partial charge on any atom is 0.482 e. The summed E-state index contributed by atoms with van der Waals surface area (Å²) in [6, 6.07) is 4.68. The lowest BCUT2D eigenvalue weighted by molar-refractivity contribution is -0.190. The van der Waals surface area contributed by atoms with Crippen LogP contribution in [0.4, 0.5) is 0 Å². The van der Waals surface area contributed by atoms with E-state index in [4.69, 9.17) is 18.7 Å². The molecule has 2 saturated heterocycles. The zero-order chi connectivity index (χ0) is 16.7. The number of fused-ring (bicyclic) bond motifs is 2. The Kier molecular flexibility index (Phi) is 4.96. The fourth-order valence-electron chi connectivity index (χ4n) is 2.93. The second kappa shape index (κ2) is 6.52. The highest BCUT2D eigenvalue weighted by atomic mass is 127. The molecule has 3 rings (SSSR count). The van der Waals surface area contributed by atoms with Gasteiger partial charge in [-0.05, 0) is 6.07 Å². The zero-order valence-electron chi connectivity index (χ0n) is 12.0. The molecule has 3 heterocycles. The molecule has 2 bridgehead atoms. The molecule has 2 unspecified atom stereocenters. The van der Waals surface area contributed by atoms with Crippen LogP contribution in [-0.4, -0.2) is 47.6 Å². The number of aromatic nitrogens is 1. The van der Waals surface area contributed by atoms with Gasteiger partial charge in [0.15, 0.2) is 6.23 Å². The van der Waals surface area contributed by atoms with Gasteiger partial charge in [0.2, 0.25) is 0 Å². The molecule has 11 heteroatoms. The Labute approximate surface area is 145 Å². The molecular weight excluding hydrogens is 444 g/mol. The third kappa shape index (κ3) is 3.14. The first-order chi connectivity index (χ1) is 10.9. The first-order valence-corrected chi connectivity index (χ1v) is 9.07. The largest absolute Gasteiger partial charge is 0.482 e. The summed E-state index contributed by atoms with van der Waals surface area (Å²) in [4.78, 5) is 21.6. The minimum absolute atomic E-state index is 0.0769. The van der Waals surface area contributed by atoms with E-state index in [9.17, 15) is 14.3 Å². The summed E-state index contributed by atoms with van der Waals surface area (Å²) < 4.78 is 39.6. The van der Waals surface area contributed by atoms with Gasteiger partial charge < -0.3 is 19.1 Å². The number of pyridine rings is 1. The Morgan fingerprint density at radius 1 is 1.57 bits per heavy atom. The predicted molar refractivity (Wildman–Crippen MR) is 85.0 cm³/mol. The molecule has 9 nitrogen and oxygen atoms in total. The van der Waals surface area contributed by atoms with E-state index < -0.39 is 31.9 Å². The number of phosphoric acid groups is 1. The number of ether oxygens (including phenoxy) is 3. The number of rotatable bonds is 6. The van der Waals surface area contributed by atoms with Crippen LogP contribution >= 0.6 is 30.8 Å². The molecule has 1 aromatic heterocycles. The molecule has 1 N–H and O–H groups in total. The summed E-state index contributed by atoms with van der Waals surface area (Å²) in [5, 5.41) is 0. The minimum atomic E-state index is -4.27. The molecule has 0 spiro atoms. The molecule has 2 aliphatic heterocycles. The Morgan fingerprint density at radius 2 is 2.35 bits per heavy atom. The number of methoxy groups -OCH3 is 1. The second-order valence-electron chi connectivity index (χ2n) is 5.29. The van der Waals surface area contributed by atoms with Gasteiger partial charge in [-0.3, -0.25) is 13.9 Å². The van der Waals surface area contributed by atoms with Crippen molar-refractivity contribution in [2.75, 3.05) is 20.3 Å². The fourth-order valence-corrected chi connectivity index (χ4v) is 3.84. The van der Waals surface area contributed by atoms with Crippen LogP contribution in [0.1, 0.15) is 6.23 Å². The standard InChI is InChI=1S/C12H15INO8P/c1-18-6-12-7-19-9(10(12)21-23(16,17)22-13)11(20-12)14-5-3-2-4-8(14)15/h2-5,9-11H,6-7H2,1H3,(H,16,17)/t9-,10-,11?,12-/m0/s1. The quantitative estimate of drug-likeness (QED) is 0.497. The lowest BCUT2D eigenvalue weighted by atomic mass is 10.0. The Morgan fingerprint density at radius 3 is 3.00 bits per heavy atom. The van der Waals surface area contributed by atoms with Crippen molar-refractivity contribution in [3.63, 3.8) is 0 Å². The van der Waals surface area contributed by atoms with Crippen molar-refractivity contribution in [1.82, 2.24) is 4.57 Å². The molecule has 0 saturated carbocycles. The van der Waals surface area contributed by atoms with Gasteiger partial charge in [-0.1, -0.05) is 6.07 Å². The molecule has 0 aliphatic carbocycles. The summed E-state index contributed by atoms with van der Waals surface area (Å²) in [5.41, 5.74) is -1.37. The maximum absolute atomic E-state index is 12.0. The SMILES string of the molecule is COC[C@@]12CO[C@H](C(n3ccccc3=O)O1)[C@@H]2OP(=O)(O)OI. The van der Waals surface area contributed by atoms with Crippen molar-refractivity contribution in [3.8, 4) is 0 Å². The summed E-state index contributed by atoms with van der Waals surface area (Å²) in [5.74, 6) is 0. The molecule has 0 aromatic carbocycles. The Balaban J connectivity index is 1.95. The summed E-state index contributed by atoms with van der Waals surface area (Å²) >= 11 is 1.29. The summed E-state index contributed by atoms with van der Waals surface area (Å²) in [7, 11) is -2.80. The van der Waals surface area contributed by atoms with Crippen molar-refractivity contribution in [1.29, 1.82) is 0 Å². The van der Waals surface area contributed by atoms with E-state index in [-0.39, 0.29) is 18.8 Å². The van der Waals surface area contributed by atoms with E-state index in [1.54, 1.807) is 18.3 Å². The number of phosphoric ester groups is 1. The molecule has 1 aromatic rings.